The largest absolute Gasteiger partial charge is 0.480 e. The number of amides is 1. The molecule has 0 aliphatic carbocycles. The van der Waals surface area contributed by atoms with Gasteiger partial charge in [0.15, 0.2) is 6.10 Å². The van der Waals surface area contributed by atoms with Gasteiger partial charge in [0.1, 0.15) is 5.75 Å². The summed E-state index contributed by atoms with van der Waals surface area (Å²) >= 11 is 0. The molecule has 0 bridgehead atoms. The fourth-order valence-corrected chi connectivity index (χ4v) is 4.43. The van der Waals surface area contributed by atoms with E-state index < -0.39 is 6.10 Å². The van der Waals surface area contributed by atoms with Gasteiger partial charge < -0.3 is 14.5 Å². The lowest BCUT2D eigenvalue weighted by atomic mass is 9.83. The Balaban J connectivity index is 1.65. The van der Waals surface area contributed by atoms with Crippen molar-refractivity contribution in [1.29, 1.82) is 0 Å². The number of carbonyl (C=O) groups excluding carboxylic acids is 1. The van der Waals surface area contributed by atoms with Gasteiger partial charge in [0, 0.05) is 38.3 Å². The maximum atomic E-state index is 13.2. The molecule has 0 radical (unpaired) electrons. The monoisotopic (exact) mass is 373 g/mol. The number of rotatable bonds is 4. The molecule has 5 heteroatoms. The number of hydrogen-bond acceptors (Lipinski definition) is 4. The van der Waals surface area contributed by atoms with Crippen LogP contribution in [-0.4, -0.2) is 79.1 Å². The van der Waals surface area contributed by atoms with Gasteiger partial charge in [0.25, 0.3) is 5.91 Å². The highest BCUT2D eigenvalue weighted by Gasteiger charge is 2.43. The molecule has 2 heterocycles. The highest BCUT2D eigenvalue weighted by atomic mass is 16.5. The summed E-state index contributed by atoms with van der Waals surface area (Å²) in [6, 6.07) is 7.96. The van der Waals surface area contributed by atoms with Crippen LogP contribution in [0, 0.1) is 12.8 Å². The molecule has 0 aromatic heterocycles. The molecule has 1 spiro atoms. The van der Waals surface area contributed by atoms with Crippen LogP contribution >= 0.6 is 0 Å². The Hall–Kier alpha value is -1.59. The van der Waals surface area contributed by atoms with Gasteiger partial charge in [-0.05, 0) is 57.5 Å². The van der Waals surface area contributed by atoms with Gasteiger partial charge in [0.05, 0.1) is 0 Å². The van der Waals surface area contributed by atoms with Crippen molar-refractivity contribution in [3.63, 3.8) is 0 Å². The van der Waals surface area contributed by atoms with Crippen molar-refractivity contribution in [3.8, 4) is 5.75 Å². The zero-order valence-electron chi connectivity index (χ0n) is 17.6. The molecule has 0 saturated carbocycles. The number of likely N-dealkylation sites (tertiary alicyclic amines) is 1. The van der Waals surface area contributed by atoms with E-state index in [9.17, 15) is 4.79 Å². The molecule has 1 atom stereocenters. The minimum atomic E-state index is -0.424. The molecule has 27 heavy (non-hydrogen) atoms. The first-order chi connectivity index (χ1) is 12.8. The number of likely N-dealkylation sites (N-methyl/N-ethyl adjacent to an activating group) is 2. The Labute approximate surface area is 164 Å². The van der Waals surface area contributed by atoms with Gasteiger partial charge in [-0.25, -0.2) is 0 Å². The lowest BCUT2D eigenvalue weighted by Crippen LogP contribution is -2.64. The Bertz CT molecular complexity index is 653. The van der Waals surface area contributed by atoms with Crippen molar-refractivity contribution >= 4 is 5.91 Å². The van der Waals surface area contributed by atoms with Crippen LogP contribution in [0.1, 0.15) is 32.3 Å². The Morgan fingerprint density at radius 1 is 1.11 bits per heavy atom. The average molecular weight is 374 g/mol. The molecule has 2 aliphatic rings. The van der Waals surface area contributed by atoms with Crippen molar-refractivity contribution < 1.29 is 9.53 Å². The SMILES string of the molecule is Cc1cccc(OC(C(=O)N2CCC3(CC2)CN(C)CCN3C)C(C)C)c1. The van der Waals surface area contributed by atoms with Crippen LogP contribution in [0.5, 0.6) is 5.75 Å². The lowest BCUT2D eigenvalue weighted by Gasteiger charge is -2.52. The van der Waals surface area contributed by atoms with Crippen LogP contribution in [0.3, 0.4) is 0 Å². The third kappa shape index (κ3) is 4.46. The summed E-state index contributed by atoms with van der Waals surface area (Å²) in [5.41, 5.74) is 1.36. The number of piperazine rings is 1. The molecule has 2 fully saturated rings. The average Bonchev–Trinajstić information content (AvgIpc) is 2.63. The third-order valence-corrected chi connectivity index (χ3v) is 6.30. The van der Waals surface area contributed by atoms with Gasteiger partial charge in [-0.3, -0.25) is 9.69 Å². The second kappa shape index (κ2) is 8.19. The molecule has 2 aliphatic heterocycles. The first-order valence-electron chi connectivity index (χ1n) is 10.2. The van der Waals surface area contributed by atoms with Gasteiger partial charge in [-0.1, -0.05) is 26.0 Å². The van der Waals surface area contributed by atoms with Crippen molar-refractivity contribution in [2.24, 2.45) is 5.92 Å². The summed E-state index contributed by atoms with van der Waals surface area (Å²) < 4.78 is 6.14. The minimum Gasteiger partial charge on any atom is -0.480 e. The predicted molar refractivity (Wildman–Crippen MR) is 109 cm³/mol. The van der Waals surface area contributed by atoms with Crippen molar-refractivity contribution in [1.82, 2.24) is 14.7 Å². The molecule has 1 aromatic rings. The normalized spacial score (nSPS) is 22.2. The highest BCUT2D eigenvalue weighted by molar-refractivity contribution is 5.81. The summed E-state index contributed by atoms with van der Waals surface area (Å²) in [7, 11) is 4.44. The third-order valence-electron chi connectivity index (χ3n) is 6.30. The fourth-order valence-electron chi connectivity index (χ4n) is 4.43. The van der Waals surface area contributed by atoms with Crippen LogP contribution in [0.15, 0.2) is 24.3 Å². The number of ether oxygens (including phenoxy) is 1. The Morgan fingerprint density at radius 2 is 1.81 bits per heavy atom. The summed E-state index contributed by atoms with van der Waals surface area (Å²) in [4.78, 5) is 20.2. The minimum absolute atomic E-state index is 0.133. The van der Waals surface area contributed by atoms with E-state index in [1.807, 2.05) is 36.1 Å². The molecule has 2 saturated heterocycles. The maximum Gasteiger partial charge on any atom is 0.263 e. The zero-order valence-corrected chi connectivity index (χ0v) is 17.6. The van der Waals surface area contributed by atoms with E-state index in [1.54, 1.807) is 0 Å². The van der Waals surface area contributed by atoms with Crippen LogP contribution in [0.25, 0.3) is 0 Å². The molecule has 5 nitrogen and oxygen atoms in total. The van der Waals surface area contributed by atoms with E-state index in [4.69, 9.17) is 4.74 Å². The summed E-state index contributed by atoms with van der Waals surface area (Å²) in [5, 5.41) is 0. The summed E-state index contributed by atoms with van der Waals surface area (Å²) in [6.07, 6.45) is 1.65. The first-order valence-corrected chi connectivity index (χ1v) is 10.2. The molecule has 1 amide bonds. The molecule has 1 aromatic carbocycles. The molecular formula is C22H35N3O2. The quantitative estimate of drug-likeness (QED) is 0.813. The second-order valence-electron chi connectivity index (χ2n) is 8.81. The summed E-state index contributed by atoms with van der Waals surface area (Å²) in [6.45, 7) is 11.1. The van der Waals surface area contributed by atoms with Gasteiger partial charge in [-0.15, -0.1) is 0 Å². The standard InChI is InChI=1S/C22H35N3O2/c1-17(2)20(27-19-8-6-7-18(3)15-19)21(26)25-11-9-22(10-12-25)16-23(4)13-14-24(22)5/h6-8,15,17,20H,9-14,16H2,1-5H3. The van der Waals surface area contributed by atoms with E-state index in [1.165, 1.54) is 0 Å². The molecule has 150 valence electrons. The van der Waals surface area contributed by atoms with Gasteiger partial charge >= 0.3 is 0 Å². The maximum absolute atomic E-state index is 13.2. The van der Waals surface area contributed by atoms with E-state index in [0.29, 0.717) is 0 Å². The smallest absolute Gasteiger partial charge is 0.263 e. The first kappa shape index (κ1) is 20.2. The number of hydrogen-bond donors (Lipinski definition) is 0. The Kier molecular flexibility index (Phi) is 6.11. The number of benzene rings is 1. The highest BCUT2D eigenvalue weighted by Crippen LogP contribution is 2.32. The molecule has 1 unspecified atom stereocenters. The Morgan fingerprint density at radius 3 is 2.44 bits per heavy atom. The number of nitrogens with zero attached hydrogens (tertiary/aromatic N) is 3. The van der Waals surface area contributed by atoms with E-state index in [-0.39, 0.29) is 17.4 Å². The second-order valence-corrected chi connectivity index (χ2v) is 8.81. The van der Waals surface area contributed by atoms with E-state index in [0.717, 1.165) is 56.9 Å². The van der Waals surface area contributed by atoms with Crippen LogP contribution < -0.4 is 4.74 Å². The van der Waals surface area contributed by atoms with Crippen LogP contribution in [-0.2, 0) is 4.79 Å². The number of carbonyl (C=O) groups is 1. The van der Waals surface area contributed by atoms with Crippen molar-refractivity contribution in [2.45, 2.75) is 45.3 Å². The number of piperidine rings is 1. The zero-order chi connectivity index (χ0) is 19.6. The predicted octanol–water partition coefficient (Wildman–Crippen LogP) is 2.64. The fraction of sp³-hybridized carbons (Fsp3) is 0.682. The van der Waals surface area contributed by atoms with Crippen LogP contribution in [0.2, 0.25) is 0 Å². The van der Waals surface area contributed by atoms with Crippen molar-refractivity contribution in [3.05, 3.63) is 29.8 Å². The lowest BCUT2D eigenvalue weighted by molar-refractivity contribution is -0.144. The van der Waals surface area contributed by atoms with Gasteiger partial charge in [0.2, 0.25) is 0 Å². The summed E-state index contributed by atoms with van der Waals surface area (Å²) in [5.74, 6) is 1.05. The van der Waals surface area contributed by atoms with Crippen LogP contribution in [0.4, 0.5) is 0 Å². The number of aryl methyl sites for hydroxylation is 1. The topological polar surface area (TPSA) is 36.0 Å². The molecular weight excluding hydrogens is 338 g/mol. The van der Waals surface area contributed by atoms with Gasteiger partial charge in [-0.2, -0.15) is 0 Å². The van der Waals surface area contributed by atoms with E-state index in [2.05, 4.69) is 37.7 Å². The van der Waals surface area contributed by atoms with E-state index >= 15 is 0 Å². The molecule has 3 rings (SSSR count). The van der Waals surface area contributed by atoms with Crippen molar-refractivity contribution in [2.75, 3.05) is 46.8 Å². The molecule has 0 N–H and O–H groups in total.